The van der Waals surface area contributed by atoms with E-state index in [2.05, 4.69) is 5.16 Å². The molecule has 0 radical (unpaired) electrons. The molecule has 0 aliphatic carbocycles. The van der Waals surface area contributed by atoms with Gasteiger partial charge in [0.25, 0.3) is 0 Å². The van der Waals surface area contributed by atoms with Gasteiger partial charge in [0.05, 0.1) is 0 Å². The van der Waals surface area contributed by atoms with Crippen molar-refractivity contribution in [1.29, 1.82) is 0 Å². The summed E-state index contributed by atoms with van der Waals surface area (Å²) in [4.78, 5) is 1.31. The van der Waals surface area contributed by atoms with Crippen LogP contribution in [-0.4, -0.2) is 27.8 Å². The van der Waals surface area contributed by atoms with Crippen LogP contribution in [0.5, 0.6) is 0 Å². The topological polar surface area (TPSA) is 32.6 Å². The zero-order chi connectivity index (χ0) is 3.41. The molecule has 0 spiro atoms. The van der Waals surface area contributed by atoms with Crippen LogP contribution in [0.15, 0.2) is 5.16 Å². The van der Waals surface area contributed by atoms with Crippen LogP contribution in [0.25, 0.3) is 0 Å². The van der Waals surface area contributed by atoms with Crippen molar-refractivity contribution < 1.29 is 5.21 Å². The third-order valence-corrected chi connectivity index (χ3v) is 0.115. The molecule has 1 N–H and O–H groups in total. The van der Waals surface area contributed by atoms with Crippen molar-refractivity contribution in [2.24, 2.45) is 5.16 Å². The molecule has 0 aromatic heterocycles. The maximum absolute atomic E-state index is 7.44. The Morgan fingerprint density at radius 1 is 2.00 bits per heavy atom. The molecule has 0 aliphatic heterocycles. The molecule has 0 saturated carbocycles. The number of hydrogen-bond donors (Lipinski definition) is 1. The molecule has 0 amide bonds. The molecule has 2 nitrogen and oxygen atoms in total. The zero-order valence-corrected chi connectivity index (χ0v) is 2.47. The first kappa shape index (κ1) is 4.07. The summed E-state index contributed by atoms with van der Waals surface area (Å²) in [6.07, 6.45) is 0. The third-order valence-electron chi connectivity index (χ3n) is 0.115. The van der Waals surface area contributed by atoms with E-state index >= 15 is 0 Å². The molecule has 0 aromatic rings. The van der Waals surface area contributed by atoms with Crippen LogP contribution >= 0.6 is 0 Å². The monoisotopic (exact) mass is 51.0 g/mol. The average molecular weight is 51.0 g/mol. The van der Waals surface area contributed by atoms with Gasteiger partial charge >= 0.3 is 33.0 Å². The van der Waals surface area contributed by atoms with Crippen molar-refractivity contribution in [1.82, 2.24) is 0 Å². The summed E-state index contributed by atoms with van der Waals surface area (Å²) in [5, 5.41) is 10.1. The van der Waals surface area contributed by atoms with E-state index in [1.54, 1.807) is 17.7 Å². The van der Waals surface area contributed by atoms with Crippen molar-refractivity contribution in [3.63, 3.8) is 0 Å². The Morgan fingerprint density at radius 3 is 2.25 bits per heavy atom. The van der Waals surface area contributed by atoms with Gasteiger partial charge in [-0.05, 0) is 0 Å². The van der Waals surface area contributed by atoms with E-state index in [1.165, 1.54) is 4.89 Å². The van der Waals surface area contributed by atoms with E-state index in [1.807, 2.05) is 0 Å². The SMILES string of the molecule is [Li][CH]=NO. The van der Waals surface area contributed by atoms with Gasteiger partial charge in [-0.3, -0.25) is 0 Å². The molecule has 0 heterocycles. The van der Waals surface area contributed by atoms with E-state index in [0.717, 1.165) is 0 Å². The first-order chi connectivity index (χ1) is 1.91. The van der Waals surface area contributed by atoms with E-state index in [4.69, 9.17) is 5.21 Å². The molecule has 3 heteroatoms. The summed E-state index contributed by atoms with van der Waals surface area (Å²) >= 11 is 1.64. The van der Waals surface area contributed by atoms with Crippen LogP contribution in [0.4, 0.5) is 0 Å². The molecule has 0 unspecified atom stereocenters. The molecular formula is CH2LiNO. The van der Waals surface area contributed by atoms with Gasteiger partial charge in [-0.1, -0.05) is 0 Å². The van der Waals surface area contributed by atoms with Crippen LogP contribution < -0.4 is 0 Å². The Morgan fingerprint density at radius 2 is 2.25 bits per heavy atom. The Balaban J connectivity index is 2.55. The first-order valence-corrected chi connectivity index (χ1v) is 1.04. The number of hydrogen-bond acceptors (Lipinski definition) is 2. The minimum absolute atomic E-state index is 1.31. The van der Waals surface area contributed by atoms with Gasteiger partial charge in [0.15, 0.2) is 0 Å². The molecule has 0 aromatic carbocycles. The van der Waals surface area contributed by atoms with Crippen LogP contribution in [0.2, 0.25) is 0 Å². The molecule has 4 heavy (non-hydrogen) atoms. The van der Waals surface area contributed by atoms with Gasteiger partial charge in [0, 0.05) is 0 Å². The van der Waals surface area contributed by atoms with Crippen molar-refractivity contribution in [2.45, 2.75) is 0 Å². The predicted octanol–water partition coefficient (Wildman–Crippen LogP) is -0.428. The van der Waals surface area contributed by atoms with Crippen molar-refractivity contribution >= 4 is 22.6 Å². The fraction of sp³-hybridized carbons (Fsp3) is 0. The summed E-state index contributed by atoms with van der Waals surface area (Å²) in [6, 6.07) is 0. The fourth-order valence-corrected chi connectivity index (χ4v) is 0. The van der Waals surface area contributed by atoms with Crippen LogP contribution in [0.3, 0.4) is 0 Å². The summed E-state index contributed by atoms with van der Waals surface area (Å²) in [5.74, 6) is 0. The molecule has 18 valence electrons. The fourth-order valence-electron chi connectivity index (χ4n) is 0. The van der Waals surface area contributed by atoms with Gasteiger partial charge in [0.2, 0.25) is 0 Å². The maximum atomic E-state index is 7.44. The second kappa shape index (κ2) is 3.07. The Hall–Kier alpha value is 0.0674. The van der Waals surface area contributed by atoms with Gasteiger partial charge < -0.3 is 0 Å². The van der Waals surface area contributed by atoms with E-state index in [-0.39, 0.29) is 0 Å². The third kappa shape index (κ3) is 2.07. The second-order valence-electron chi connectivity index (χ2n) is 0.374. The Bertz CT molecular complexity index is 23.2. The van der Waals surface area contributed by atoms with Crippen molar-refractivity contribution in [2.75, 3.05) is 0 Å². The number of nitrogens with zero attached hydrogens (tertiary/aromatic N) is 1. The van der Waals surface area contributed by atoms with Crippen LogP contribution in [-0.2, 0) is 0 Å². The van der Waals surface area contributed by atoms with E-state index in [9.17, 15) is 0 Å². The molecule has 0 saturated heterocycles. The quantitative estimate of drug-likeness (QED) is 0.172. The Kier molecular flexibility index (Phi) is 3.12. The molecule has 0 rings (SSSR count). The van der Waals surface area contributed by atoms with Gasteiger partial charge in [-0.2, -0.15) is 0 Å². The van der Waals surface area contributed by atoms with Crippen LogP contribution in [0.1, 0.15) is 0 Å². The number of oxime groups is 1. The second-order valence-corrected chi connectivity index (χ2v) is 0.374. The molecule has 0 fully saturated rings. The number of rotatable bonds is 0. The minimum atomic E-state index is 1.31. The standard InChI is InChI=1S/CH2NO.Li/c1-2-3;/h1,3H;. The summed E-state index contributed by atoms with van der Waals surface area (Å²) < 4.78 is 0. The first-order valence-electron chi connectivity index (χ1n) is 1.04. The Labute approximate surface area is 33.7 Å². The predicted molar refractivity (Wildman–Crippen MR) is 16.0 cm³/mol. The van der Waals surface area contributed by atoms with Crippen molar-refractivity contribution in [3.05, 3.63) is 0 Å². The van der Waals surface area contributed by atoms with Gasteiger partial charge in [-0.25, -0.2) is 0 Å². The van der Waals surface area contributed by atoms with Gasteiger partial charge in [0.1, 0.15) is 0 Å². The van der Waals surface area contributed by atoms with Crippen LogP contribution in [0, 0.1) is 0 Å². The molecular weight excluding hydrogens is 49.0 g/mol. The molecule has 0 bridgehead atoms. The normalized spacial score (nSPS) is 9.50. The van der Waals surface area contributed by atoms with E-state index in [0.29, 0.717) is 0 Å². The average Bonchev–Trinajstić information content (AvgIpc) is 1.37. The zero-order valence-electron chi connectivity index (χ0n) is 2.47. The van der Waals surface area contributed by atoms with Crippen molar-refractivity contribution in [3.8, 4) is 0 Å². The van der Waals surface area contributed by atoms with E-state index < -0.39 is 0 Å². The molecule has 0 atom stereocenters. The summed E-state index contributed by atoms with van der Waals surface area (Å²) in [6.45, 7) is 0. The molecule has 0 aliphatic rings. The summed E-state index contributed by atoms with van der Waals surface area (Å²) in [7, 11) is 0. The van der Waals surface area contributed by atoms with Gasteiger partial charge in [-0.15, -0.1) is 0 Å². The summed E-state index contributed by atoms with van der Waals surface area (Å²) in [5.41, 5.74) is 0.